The number of amides is 2. The van der Waals surface area contributed by atoms with Gasteiger partial charge >= 0.3 is 0 Å². The molecule has 0 aliphatic carbocycles. The Labute approximate surface area is 169 Å². The molecule has 0 saturated heterocycles. The number of aromatic nitrogens is 2. The molecule has 0 unspecified atom stereocenters. The monoisotopic (exact) mass is 406 g/mol. The first-order valence-corrected chi connectivity index (χ1v) is 9.38. The van der Waals surface area contributed by atoms with Crippen molar-refractivity contribution in [3.8, 4) is 5.69 Å². The zero-order chi connectivity index (χ0) is 20.8. The van der Waals surface area contributed by atoms with Crippen molar-refractivity contribution in [3.63, 3.8) is 0 Å². The second kappa shape index (κ2) is 9.50. The highest BCUT2D eigenvalue weighted by molar-refractivity contribution is 6.31. The Morgan fingerprint density at radius 1 is 1.32 bits per heavy atom. The van der Waals surface area contributed by atoms with Crippen molar-refractivity contribution in [1.82, 2.24) is 20.0 Å². The number of likely N-dealkylation sites (N-methyl/N-ethyl adjacent to an activating group) is 1. The molecule has 0 spiro atoms. The van der Waals surface area contributed by atoms with E-state index < -0.39 is 0 Å². The lowest BCUT2D eigenvalue weighted by Gasteiger charge is -2.19. The van der Waals surface area contributed by atoms with Crippen LogP contribution in [-0.4, -0.2) is 45.6 Å². The van der Waals surface area contributed by atoms with Crippen LogP contribution in [0.5, 0.6) is 0 Å². The molecule has 0 aliphatic rings. The first-order valence-electron chi connectivity index (χ1n) is 9.00. The zero-order valence-corrected chi connectivity index (χ0v) is 17.1. The molecule has 1 N–H and O–H groups in total. The molecule has 1 aromatic heterocycles. The van der Waals surface area contributed by atoms with Gasteiger partial charge in [-0.25, -0.2) is 9.07 Å². The van der Waals surface area contributed by atoms with Crippen molar-refractivity contribution in [2.45, 2.75) is 33.7 Å². The van der Waals surface area contributed by atoms with Gasteiger partial charge in [0.1, 0.15) is 11.0 Å². The minimum Gasteiger partial charge on any atom is -0.352 e. The van der Waals surface area contributed by atoms with Gasteiger partial charge in [0.25, 0.3) is 0 Å². The molecule has 8 heteroatoms. The summed E-state index contributed by atoms with van der Waals surface area (Å²) < 4.78 is 14.6. The fourth-order valence-corrected chi connectivity index (χ4v) is 2.94. The Morgan fingerprint density at radius 3 is 2.54 bits per heavy atom. The first kappa shape index (κ1) is 21.6. The average molecular weight is 407 g/mol. The molecule has 6 nitrogen and oxygen atoms in total. The SMILES string of the molecule is CCN(CC(=O)NC(C)C)C(=O)C=Cc1c(C)nn(-c2ccc(F)cc2)c1Cl. The number of hydrogen-bond acceptors (Lipinski definition) is 3. The van der Waals surface area contributed by atoms with Crippen molar-refractivity contribution >= 4 is 29.5 Å². The molecular formula is C20H24ClFN4O2. The summed E-state index contributed by atoms with van der Waals surface area (Å²) >= 11 is 6.41. The summed E-state index contributed by atoms with van der Waals surface area (Å²) in [4.78, 5) is 25.8. The van der Waals surface area contributed by atoms with Crippen LogP contribution >= 0.6 is 11.6 Å². The largest absolute Gasteiger partial charge is 0.352 e. The van der Waals surface area contributed by atoms with Gasteiger partial charge in [0, 0.05) is 24.2 Å². The minimum absolute atomic E-state index is 0.00982. The van der Waals surface area contributed by atoms with E-state index >= 15 is 0 Å². The summed E-state index contributed by atoms with van der Waals surface area (Å²) in [6, 6.07) is 5.79. The van der Waals surface area contributed by atoms with E-state index in [1.54, 1.807) is 32.1 Å². The van der Waals surface area contributed by atoms with Gasteiger partial charge in [-0.15, -0.1) is 0 Å². The average Bonchev–Trinajstić information content (AvgIpc) is 2.91. The van der Waals surface area contributed by atoms with Crippen molar-refractivity contribution in [2.24, 2.45) is 0 Å². The summed E-state index contributed by atoms with van der Waals surface area (Å²) in [6.07, 6.45) is 2.95. The Bertz CT molecular complexity index is 875. The normalized spacial score (nSPS) is 11.2. The molecule has 2 rings (SSSR count). The summed E-state index contributed by atoms with van der Waals surface area (Å²) in [5, 5.41) is 7.43. The molecule has 150 valence electrons. The number of nitrogens with one attached hydrogen (secondary N) is 1. The van der Waals surface area contributed by atoms with Crippen LogP contribution in [0.3, 0.4) is 0 Å². The molecule has 0 atom stereocenters. The molecule has 2 amide bonds. The van der Waals surface area contributed by atoms with E-state index in [0.29, 0.717) is 28.6 Å². The van der Waals surface area contributed by atoms with Crippen molar-refractivity contribution in [3.05, 3.63) is 52.6 Å². The summed E-state index contributed by atoms with van der Waals surface area (Å²) in [7, 11) is 0. The molecule has 1 heterocycles. The molecule has 0 fully saturated rings. The maximum absolute atomic E-state index is 13.1. The molecule has 0 radical (unpaired) electrons. The second-order valence-electron chi connectivity index (χ2n) is 6.59. The quantitative estimate of drug-likeness (QED) is 0.717. The van der Waals surface area contributed by atoms with Gasteiger partial charge < -0.3 is 10.2 Å². The number of carbonyl (C=O) groups is 2. The van der Waals surface area contributed by atoms with Gasteiger partial charge in [0.15, 0.2) is 0 Å². The van der Waals surface area contributed by atoms with Crippen molar-refractivity contribution < 1.29 is 14.0 Å². The molecule has 2 aromatic rings. The molecule has 1 aromatic carbocycles. The Hall–Kier alpha value is -2.67. The van der Waals surface area contributed by atoms with Crippen LogP contribution in [0.15, 0.2) is 30.3 Å². The van der Waals surface area contributed by atoms with Gasteiger partial charge in [-0.3, -0.25) is 9.59 Å². The lowest BCUT2D eigenvalue weighted by Crippen LogP contribution is -2.42. The van der Waals surface area contributed by atoms with Crippen LogP contribution in [0.25, 0.3) is 11.8 Å². The van der Waals surface area contributed by atoms with E-state index in [9.17, 15) is 14.0 Å². The van der Waals surface area contributed by atoms with Crippen LogP contribution in [-0.2, 0) is 9.59 Å². The predicted molar refractivity (Wildman–Crippen MR) is 108 cm³/mol. The van der Waals surface area contributed by atoms with E-state index in [-0.39, 0.29) is 30.2 Å². The van der Waals surface area contributed by atoms with E-state index in [4.69, 9.17) is 11.6 Å². The van der Waals surface area contributed by atoms with E-state index in [0.717, 1.165) is 0 Å². The summed E-state index contributed by atoms with van der Waals surface area (Å²) in [5.74, 6) is -0.862. The fourth-order valence-electron chi connectivity index (χ4n) is 2.60. The highest BCUT2D eigenvalue weighted by atomic mass is 35.5. The van der Waals surface area contributed by atoms with Crippen molar-refractivity contribution in [1.29, 1.82) is 0 Å². The standard InChI is InChI=1S/C20H24ClFN4O2/c1-5-25(12-18(27)23-13(2)3)19(28)11-10-17-14(4)24-26(20(17)21)16-8-6-15(22)7-9-16/h6-11,13H,5,12H2,1-4H3,(H,23,27). The molecule has 0 saturated carbocycles. The Morgan fingerprint density at radius 2 is 1.96 bits per heavy atom. The number of aryl methyl sites for hydroxylation is 1. The Kier molecular flexibility index (Phi) is 7.34. The van der Waals surface area contributed by atoms with Crippen LogP contribution < -0.4 is 5.32 Å². The lowest BCUT2D eigenvalue weighted by atomic mass is 10.2. The van der Waals surface area contributed by atoms with Crippen LogP contribution in [0.4, 0.5) is 4.39 Å². The van der Waals surface area contributed by atoms with Gasteiger partial charge in [0.2, 0.25) is 11.8 Å². The number of carbonyl (C=O) groups excluding carboxylic acids is 2. The van der Waals surface area contributed by atoms with Gasteiger partial charge in [-0.1, -0.05) is 11.6 Å². The summed E-state index contributed by atoms with van der Waals surface area (Å²) in [5.41, 5.74) is 1.82. The molecule has 0 aliphatic heterocycles. The minimum atomic E-state index is -0.351. The molecular weight excluding hydrogens is 383 g/mol. The topological polar surface area (TPSA) is 67.2 Å². The maximum Gasteiger partial charge on any atom is 0.247 e. The third-order valence-corrected chi connectivity index (χ3v) is 4.35. The smallest absolute Gasteiger partial charge is 0.247 e. The van der Waals surface area contributed by atoms with Crippen LogP contribution in [0.2, 0.25) is 5.15 Å². The predicted octanol–water partition coefficient (Wildman–Crippen LogP) is 3.36. The lowest BCUT2D eigenvalue weighted by molar-refractivity contribution is -0.132. The first-order chi connectivity index (χ1) is 13.2. The van der Waals surface area contributed by atoms with Crippen LogP contribution in [0.1, 0.15) is 32.0 Å². The number of hydrogen-bond donors (Lipinski definition) is 1. The Balaban J connectivity index is 2.17. The van der Waals surface area contributed by atoms with Crippen molar-refractivity contribution in [2.75, 3.05) is 13.1 Å². The van der Waals surface area contributed by atoms with E-state index in [2.05, 4.69) is 10.4 Å². The number of nitrogens with zero attached hydrogens (tertiary/aromatic N) is 3. The third-order valence-electron chi connectivity index (χ3n) is 3.99. The fraction of sp³-hybridized carbons (Fsp3) is 0.350. The third kappa shape index (κ3) is 5.42. The molecule has 0 bridgehead atoms. The number of rotatable bonds is 7. The highest BCUT2D eigenvalue weighted by Crippen LogP contribution is 2.25. The van der Waals surface area contributed by atoms with E-state index in [1.165, 1.54) is 27.8 Å². The zero-order valence-electron chi connectivity index (χ0n) is 16.4. The second-order valence-corrected chi connectivity index (χ2v) is 6.94. The van der Waals surface area contributed by atoms with Gasteiger partial charge in [-0.05, 0) is 58.0 Å². The molecule has 28 heavy (non-hydrogen) atoms. The highest BCUT2D eigenvalue weighted by Gasteiger charge is 2.16. The van der Waals surface area contributed by atoms with Gasteiger partial charge in [-0.2, -0.15) is 5.10 Å². The number of benzene rings is 1. The van der Waals surface area contributed by atoms with E-state index in [1.807, 2.05) is 13.8 Å². The number of halogens is 2. The maximum atomic E-state index is 13.1. The summed E-state index contributed by atoms with van der Waals surface area (Å²) in [6.45, 7) is 7.68. The van der Waals surface area contributed by atoms with Gasteiger partial charge in [0.05, 0.1) is 17.9 Å². The van der Waals surface area contributed by atoms with Crippen LogP contribution in [0, 0.1) is 12.7 Å².